The van der Waals surface area contributed by atoms with Gasteiger partial charge in [-0.2, -0.15) is 0 Å². The van der Waals surface area contributed by atoms with Crippen molar-refractivity contribution < 1.29 is 28.3 Å². The van der Waals surface area contributed by atoms with Crippen LogP contribution in [0.3, 0.4) is 0 Å². The van der Waals surface area contributed by atoms with Crippen molar-refractivity contribution in [2.75, 3.05) is 38.3 Å². The molecule has 144 valence electrons. The second kappa shape index (κ2) is 9.14. The fourth-order valence-electron chi connectivity index (χ4n) is 2.46. The Labute approximate surface area is 163 Å². The number of aromatic nitrogens is 1. The molecule has 1 amide bonds. The highest BCUT2D eigenvalue weighted by atomic mass is 32.2. The normalized spacial score (nSPS) is 16.9. The number of thioether (sulfide) groups is 2. The van der Waals surface area contributed by atoms with Crippen LogP contribution in [0.2, 0.25) is 0 Å². The fraction of sp³-hybridized carbons (Fsp3) is 0.412. The van der Waals surface area contributed by atoms with Gasteiger partial charge in [0.05, 0.1) is 7.11 Å². The van der Waals surface area contributed by atoms with Crippen molar-refractivity contribution in [3.63, 3.8) is 0 Å². The number of carbonyl (C=O) groups is 3. The van der Waals surface area contributed by atoms with E-state index in [9.17, 15) is 14.4 Å². The van der Waals surface area contributed by atoms with Crippen LogP contribution in [0.25, 0.3) is 11.1 Å². The summed E-state index contributed by atoms with van der Waals surface area (Å²) in [4.78, 5) is 41.4. The first-order valence-corrected chi connectivity index (χ1v) is 10.2. The number of oxazole rings is 1. The van der Waals surface area contributed by atoms with Gasteiger partial charge in [0, 0.05) is 18.8 Å². The molecule has 0 radical (unpaired) electrons. The largest absolute Gasteiger partial charge is 0.468 e. The van der Waals surface area contributed by atoms with Crippen molar-refractivity contribution in [3.05, 3.63) is 24.3 Å². The van der Waals surface area contributed by atoms with Gasteiger partial charge in [0.25, 0.3) is 11.1 Å². The van der Waals surface area contributed by atoms with Crippen LogP contribution in [0, 0.1) is 0 Å². The number of para-hydroxylation sites is 2. The Hall–Kier alpha value is -2.20. The molecule has 1 aromatic heterocycles. The minimum Gasteiger partial charge on any atom is -0.468 e. The van der Waals surface area contributed by atoms with E-state index in [0.717, 1.165) is 11.8 Å². The Morgan fingerprint density at radius 1 is 1.37 bits per heavy atom. The molecular formula is C17H18N2O6S2. The van der Waals surface area contributed by atoms with Gasteiger partial charge in [0.2, 0.25) is 0 Å². The Morgan fingerprint density at radius 3 is 2.96 bits per heavy atom. The Balaban J connectivity index is 1.43. The lowest BCUT2D eigenvalue weighted by atomic mass is 10.3. The van der Waals surface area contributed by atoms with Crippen molar-refractivity contribution in [2.45, 2.75) is 10.5 Å². The molecule has 1 atom stereocenters. The van der Waals surface area contributed by atoms with Crippen LogP contribution >= 0.6 is 23.5 Å². The highest BCUT2D eigenvalue weighted by Gasteiger charge is 2.30. The number of ether oxygens (including phenoxy) is 2. The summed E-state index contributed by atoms with van der Waals surface area (Å²) in [5.74, 6) is -0.603. The Bertz CT molecular complexity index is 807. The predicted molar refractivity (Wildman–Crippen MR) is 101 cm³/mol. The molecule has 2 heterocycles. The average Bonchev–Trinajstić information content (AvgIpc) is 3.13. The van der Waals surface area contributed by atoms with Gasteiger partial charge in [-0.25, -0.2) is 4.98 Å². The molecule has 1 saturated heterocycles. The standard InChI is InChI=1S/C17H18N2O6S2/c1-23-16(22)13-8-19(6-7-26-13)14(20)9-24-15(21)10-27-17-18-11-4-2-3-5-12(11)25-17/h2-5,13H,6-10H2,1H3/t13-/m0/s1. The molecule has 8 nitrogen and oxygen atoms in total. The average molecular weight is 410 g/mol. The molecule has 1 fully saturated rings. The van der Waals surface area contributed by atoms with E-state index in [0.29, 0.717) is 28.6 Å². The number of rotatable bonds is 6. The van der Waals surface area contributed by atoms with E-state index in [-0.39, 0.29) is 30.8 Å². The minimum atomic E-state index is -0.536. The minimum absolute atomic E-state index is 0.0132. The molecule has 3 rings (SSSR count). The lowest BCUT2D eigenvalue weighted by molar-refractivity contribution is -0.150. The number of amides is 1. The number of benzene rings is 1. The summed E-state index contributed by atoms with van der Waals surface area (Å²) >= 11 is 2.56. The van der Waals surface area contributed by atoms with Gasteiger partial charge in [-0.15, -0.1) is 11.8 Å². The molecule has 0 saturated carbocycles. The summed E-state index contributed by atoms with van der Waals surface area (Å²) in [5, 5.41) is -0.0356. The van der Waals surface area contributed by atoms with Gasteiger partial charge in [-0.1, -0.05) is 23.9 Å². The van der Waals surface area contributed by atoms with E-state index in [2.05, 4.69) is 4.98 Å². The van der Waals surface area contributed by atoms with E-state index in [1.807, 2.05) is 18.2 Å². The zero-order chi connectivity index (χ0) is 19.2. The lowest BCUT2D eigenvalue weighted by Crippen LogP contribution is -2.46. The van der Waals surface area contributed by atoms with Crippen molar-refractivity contribution in [1.82, 2.24) is 9.88 Å². The number of nitrogens with zero attached hydrogens (tertiary/aromatic N) is 2. The second-order valence-corrected chi connectivity index (χ2v) is 7.86. The van der Waals surface area contributed by atoms with Crippen molar-refractivity contribution >= 4 is 52.5 Å². The van der Waals surface area contributed by atoms with Gasteiger partial charge in [-0.3, -0.25) is 14.4 Å². The van der Waals surface area contributed by atoms with E-state index in [1.165, 1.54) is 23.8 Å². The molecular weight excluding hydrogens is 392 g/mol. The van der Waals surface area contributed by atoms with E-state index in [1.54, 1.807) is 6.07 Å². The molecule has 10 heteroatoms. The third kappa shape index (κ3) is 5.16. The number of fused-ring (bicyclic) bond motifs is 1. The zero-order valence-corrected chi connectivity index (χ0v) is 16.2. The van der Waals surface area contributed by atoms with Crippen LogP contribution in [0.4, 0.5) is 0 Å². The molecule has 1 aliphatic rings. The topological polar surface area (TPSA) is 98.9 Å². The number of hydrogen-bond acceptors (Lipinski definition) is 9. The SMILES string of the molecule is COC(=O)[C@@H]1CN(C(=O)COC(=O)CSc2nc3ccccc3o2)CCS1. The number of esters is 2. The zero-order valence-electron chi connectivity index (χ0n) is 14.6. The summed E-state index contributed by atoms with van der Waals surface area (Å²) in [6.07, 6.45) is 0. The van der Waals surface area contributed by atoms with Crippen LogP contribution in [-0.2, 0) is 23.9 Å². The van der Waals surface area contributed by atoms with Gasteiger partial charge >= 0.3 is 11.9 Å². The van der Waals surface area contributed by atoms with E-state index < -0.39 is 11.2 Å². The number of hydrogen-bond donors (Lipinski definition) is 0. The van der Waals surface area contributed by atoms with Gasteiger partial charge in [-0.05, 0) is 12.1 Å². The highest BCUT2D eigenvalue weighted by molar-refractivity contribution is 8.00. The van der Waals surface area contributed by atoms with Gasteiger partial charge < -0.3 is 18.8 Å². The molecule has 1 aliphatic heterocycles. The summed E-state index contributed by atoms with van der Waals surface area (Å²) in [5.41, 5.74) is 1.36. The number of methoxy groups -OCH3 is 1. The molecule has 27 heavy (non-hydrogen) atoms. The molecule has 0 N–H and O–H groups in total. The summed E-state index contributed by atoms with van der Waals surface area (Å²) in [7, 11) is 1.32. The lowest BCUT2D eigenvalue weighted by Gasteiger charge is -2.30. The van der Waals surface area contributed by atoms with Crippen molar-refractivity contribution in [1.29, 1.82) is 0 Å². The van der Waals surface area contributed by atoms with Crippen LogP contribution < -0.4 is 0 Å². The smallest absolute Gasteiger partial charge is 0.320 e. The highest BCUT2D eigenvalue weighted by Crippen LogP contribution is 2.23. The second-order valence-electron chi connectivity index (χ2n) is 5.62. The molecule has 0 aliphatic carbocycles. The maximum atomic E-state index is 12.2. The van der Waals surface area contributed by atoms with Crippen LogP contribution in [0.5, 0.6) is 0 Å². The molecule has 1 aromatic carbocycles. The Morgan fingerprint density at radius 2 is 2.19 bits per heavy atom. The van der Waals surface area contributed by atoms with Crippen LogP contribution in [0.1, 0.15) is 0 Å². The fourth-order valence-corrected chi connectivity index (χ4v) is 4.22. The maximum absolute atomic E-state index is 12.2. The van der Waals surface area contributed by atoms with Crippen molar-refractivity contribution in [2.24, 2.45) is 0 Å². The van der Waals surface area contributed by atoms with E-state index >= 15 is 0 Å². The van der Waals surface area contributed by atoms with Crippen LogP contribution in [-0.4, -0.2) is 71.3 Å². The molecule has 0 unspecified atom stereocenters. The first kappa shape index (κ1) is 19.6. The summed E-state index contributed by atoms with van der Waals surface area (Å²) in [6, 6.07) is 7.30. The number of carbonyl (C=O) groups excluding carboxylic acids is 3. The molecule has 2 aromatic rings. The summed E-state index contributed by atoms with van der Waals surface area (Å²) < 4.78 is 15.2. The van der Waals surface area contributed by atoms with Gasteiger partial charge in [0.1, 0.15) is 16.5 Å². The quantitative estimate of drug-likeness (QED) is 0.519. The predicted octanol–water partition coefficient (Wildman–Crippen LogP) is 1.58. The summed E-state index contributed by atoms with van der Waals surface area (Å²) in [6.45, 7) is 0.406. The third-order valence-electron chi connectivity index (χ3n) is 3.83. The third-order valence-corrected chi connectivity index (χ3v) is 5.79. The monoisotopic (exact) mass is 410 g/mol. The molecule has 0 bridgehead atoms. The molecule has 0 spiro atoms. The van der Waals surface area contributed by atoms with Gasteiger partial charge in [0.15, 0.2) is 12.2 Å². The maximum Gasteiger partial charge on any atom is 0.320 e. The Kier molecular flexibility index (Phi) is 6.62. The van der Waals surface area contributed by atoms with Crippen molar-refractivity contribution in [3.8, 4) is 0 Å². The first-order valence-electron chi connectivity index (χ1n) is 8.18. The first-order chi connectivity index (χ1) is 13.1. The van der Waals surface area contributed by atoms with Crippen LogP contribution in [0.15, 0.2) is 33.9 Å². The van der Waals surface area contributed by atoms with E-state index in [4.69, 9.17) is 13.9 Å².